The lowest BCUT2D eigenvalue weighted by Crippen LogP contribution is -2.40. The van der Waals surface area contributed by atoms with Crippen LogP contribution in [0.5, 0.6) is 0 Å². The van der Waals surface area contributed by atoms with E-state index in [1.807, 2.05) is 6.07 Å². The van der Waals surface area contributed by atoms with Crippen molar-refractivity contribution < 1.29 is 9.53 Å². The SMILES string of the molecule is COC1CCCC1NC(=O)CC#N. The van der Waals surface area contributed by atoms with E-state index in [1.165, 1.54) is 0 Å². The molecule has 0 aromatic heterocycles. The predicted molar refractivity (Wildman–Crippen MR) is 46.8 cm³/mol. The minimum Gasteiger partial charge on any atom is -0.379 e. The monoisotopic (exact) mass is 182 g/mol. The Kier molecular flexibility index (Phi) is 3.71. The average Bonchev–Trinajstić information content (AvgIpc) is 2.52. The second kappa shape index (κ2) is 4.83. The van der Waals surface area contributed by atoms with Gasteiger partial charge in [0, 0.05) is 7.11 Å². The van der Waals surface area contributed by atoms with Crippen LogP contribution in [0.15, 0.2) is 0 Å². The maximum atomic E-state index is 11.1. The van der Waals surface area contributed by atoms with E-state index in [0.29, 0.717) is 0 Å². The molecule has 0 radical (unpaired) electrons. The molecule has 0 spiro atoms. The molecule has 0 aromatic rings. The van der Waals surface area contributed by atoms with Crippen molar-refractivity contribution in [1.82, 2.24) is 5.32 Å². The summed E-state index contributed by atoms with van der Waals surface area (Å²) in [5.74, 6) is -0.198. The highest BCUT2D eigenvalue weighted by Crippen LogP contribution is 2.21. The van der Waals surface area contributed by atoms with Crippen LogP contribution >= 0.6 is 0 Å². The molecule has 0 bridgehead atoms. The Morgan fingerprint density at radius 2 is 2.46 bits per heavy atom. The van der Waals surface area contributed by atoms with Crippen LogP contribution in [0, 0.1) is 11.3 Å². The van der Waals surface area contributed by atoms with Crippen LogP contribution in [0.1, 0.15) is 25.7 Å². The molecule has 72 valence electrons. The molecule has 0 aliphatic heterocycles. The summed E-state index contributed by atoms with van der Waals surface area (Å²) in [6, 6.07) is 1.92. The summed E-state index contributed by atoms with van der Waals surface area (Å²) in [6.07, 6.45) is 3.09. The minimum atomic E-state index is -0.198. The third-order valence-electron chi connectivity index (χ3n) is 2.34. The fourth-order valence-electron chi connectivity index (χ4n) is 1.70. The van der Waals surface area contributed by atoms with Gasteiger partial charge in [-0.25, -0.2) is 0 Å². The van der Waals surface area contributed by atoms with E-state index in [1.54, 1.807) is 7.11 Å². The maximum Gasteiger partial charge on any atom is 0.234 e. The van der Waals surface area contributed by atoms with Crippen molar-refractivity contribution in [2.45, 2.75) is 37.8 Å². The second-order valence-corrected chi connectivity index (χ2v) is 3.21. The number of hydrogen-bond acceptors (Lipinski definition) is 3. The summed E-state index contributed by atoms with van der Waals surface area (Å²) >= 11 is 0. The maximum absolute atomic E-state index is 11.1. The van der Waals surface area contributed by atoms with Gasteiger partial charge in [-0.15, -0.1) is 0 Å². The third kappa shape index (κ3) is 2.71. The zero-order chi connectivity index (χ0) is 9.68. The fraction of sp³-hybridized carbons (Fsp3) is 0.778. The molecule has 2 atom stereocenters. The van der Waals surface area contributed by atoms with Gasteiger partial charge in [0.1, 0.15) is 6.42 Å². The number of carbonyl (C=O) groups excluding carboxylic acids is 1. The number of rotatable bonds is 3. The highest BCUT2D eigenvalue weighted by molar-refractivity contribution is 5.78. The number of nitrogens with zero attached hydrogens (tertiary/aromatic N) is 1. The molecule has 1 rings (SSSR count). The van der Waals surface area contributed by atoms with E-state index in [0.717, 1.165) is 19.3 Å². The first kappa shape index (κ1) is 10.0. The smallest absolute Gasteiger partial charge is 0.234 e. The van der Waals surface area contributed by atoms with E-state index in [9.17, 15) is 4.79 Å². The molecule has 4 nitrogen and oxygen atoms in total. The van der Waals surface area contributed by atoms with Gasteiger partial charge >= 0.3 is 0 Å². The van der Waals surface area contributed by atoms with Gasteiger partial charge in [-0.3, -0.25) is 4.79 Å². The highest BCUT2D eigenvalue weighted by Gasteiger charge is 2.27. The first-order valence-electron chi connectivity index (χ1n) is 4.47. The van der Waals surface area contributed by atoms with Gasteiger partial charge in [-0.2, -0.15) is 5.26 Å². The second-order valence-electron chi connectivity index (χ2n) is 3.21. The van der Waals surface area contributed by atoms with Crippen LogP contribution in [0.25, 0.3) is 0 Å². The van der Waals surface area contributed by atoms with E-state index in [-0.39, 0.29) is 24.5 Å². The van der Waals surface area contributed by atoms with E-state index < -0.39 is 0 Å². The number of amides is 1. The van der Waals surface area contributed by atoms with E-state index in [4.69, 9.17) is 10.00 Å². The molecule has 2 unspecified atom stereocenters. The zero-order valence-electron chi connectivity index (χ0n) is 7.75. The molecule has 0 saturated heterocycles. The first-order chi connectivity index (χ1) is 6.27. The summed E-state index contributed by atoms with van der Waals surface area (Å²) in [7, 11) is 1.65. The Bertz CT molecular complexity index is 222. The molecule has 1 saturated carbocycles. The molecule has 1 N–H and O–H groups in total. The van der Waals surface area contributed by atoms with E-state index >= 15 is 0 Å². The molecule has 4 heteroatoms. The Morgan fingerprint density at radius 1 is 1.69 bits per heavy atom. The lowest BCUT2D eigenvalue weighted by Gasteiger charge is -2.18. The van der Waals surface area contributed by atoms with Crippen LogP contribution in [0.2, 0.25) is 0 Å². The molecule has 1 aliphatic rings. The molecule has 0 heterocycles. The fourth-order valence-corrected chi connectivity index (χ4v) is 1.70. The van der Waals surface area contributed by atoms with Gasteiger partial charge in [0.05, 0.1) is 18.2 Å². The van der Waals surface area contributed by atoms with Crippen molar-refractivity contribution in [3.05, 3.63) is 0 Å². The quantitative estimate of drug-likeness (QED) is 0.694. The van der Waals surface area contributed by atoms with E-state index in [2.05, 4.69) is 5.32 Å². The zero-order valence-corrected chi connectivity index (χ0v) is 7.75. The van der Waals surface area contributed by atoms with Crippen LogP contribution in [-0.4, -0.2) is 25.2 Å². The predicted octanol–water partition coefficient (Wildman–Crippen LogP) is 0.584. The molecule has 1 aliphatic carbocycles. The first-order valence-corrected chi connectivity index (χ1v) is 4.47. The van der Waals surface area contributed by atoms with Crippen LogP contribution in [0.4, 0.5) is 0 Å². The van der Waals surface area contributed by atoms with Crippen LogP contribution in [-0.2, 0) is 9.53 Å². The minimum absolute atomic E-state index is 0.0626. The number of carbonyl (C=O) groups is 1. The lowest BCUT2D eigenvalue weighted by atomic mass is 10.2. The van der Waals surface area contributed by atoms with Gasteiger partial charge in [0.2, 0.25) is 5.91 Å². The van der Waals surface area contributed by atoms with Crippen molar-refractivity contribution in [2.75, 3.05) is 7.11 Å². The Hall–Kier alpha value is -1.08. The van der Waals surface area contributed by atoms with Gasteiger partial charge < -0.3 is 10.1 Å². The van der Waals surface area contributed by atoms with Crippen molar-refractivity contribution in [2.24, 2.45) is 0 Å². The summed E-state index contributed by atoms with van der Waals surface area (Å²) in [4.78, 5) is 11.1. The number of hydrogen-bond donors (Lipinski definition) is 1. The number of methoxy groups -OCH3 is 1. The van der Waals surface area contributed by atoms with Gasteiger partial charge in [-0.05, 0) is 19.3 Å². The Morgan fingerprint density at radius 3 is 3.08 bits per heavy atom. The topological polar surface area (TPSA) is 62.1 Å². The van der Waals surface area contributed by atoms with Gasteiger partial charge in [-0.1, -0.05) is 0 Å². The summed E-state index contributed by atoms with van der Waals surface area (Å²) in [5, 5.41) is 11.1. The van der Waals surface area contributed by atoms with Crippen molar-refractivity contribution >= 4 is 5.91 Å². The number of nitriles is 1. The average molecular weight is 182 g/mol. The van der Waals surface area contributed by atoms with Crippen LogP contribution < -0.4 is 5.32 Å². The molecule has 1 fully saturated rings. The largest absolute Gasteiger partial charge is 0.379 e. The highest BCUT2D eigenvalue weighted by atomic mass is 16.5. The molecular weight excluding hydrogens is 168 g/mol. The normalized spacial score (nSPS) is 26.8. The molecule has 13 heavy (non-hydrogen) atoms. The molecule has 0 aromatic carbocycles. The number of nitrogens with one attached hydrogen (secondary N) is 1. The Labute approximate surface area is 77.9 Å². The summed E-state index contributed by atoms with van der Waals surface area (Å²) in [6.45, 7) is 0. The van der Waals surface area contributed by atoms with Gasteiger partial charge in [0.15, 0.2) is 0 Å². The standard InChI is InChI=1S/C9H14N2O2/c1-13-8-4-2-3-7(8)11-9(12)5-6-10/h7-8H,2-5H2,1H3,(H,11,12). The molecule has 1 amide bonds. The lowest BCUT2D eigenvalue weighted by molar-refractivity contribution is -0.121. The van der Waals surface area contributed by atoms with Gasteiger partial charge in [0.25, 0.3) is 0 Å². The van der Waals surface area contributed by atoms with Crippen molar-refractivity contribution in [1.29, 1.82) is 5.26 Å². The van der Waals surface area contributed by atoms with Crippen molar-refractivity contribution in [3.63, 3.8) is 0 Å². The summed E-state index contributed by atoms with van der Waals surface area (Å²) in [5.41, 5.74) is 0. The molecular formula is C9H14N2O2. The van der Waals surface area contributed by atoms with Crippen molar-refractivity contribution in [3.8, 4) is 6.07 Å². The summed E-state index contributed by atoms with van der Waals surface area (Å²) < 4.78 is 5.21. The number of ether oxygens (including phenoxy) is 1. The van der Waals surface area contributed by atoms with Crippen LogP contribution in [0.3, 0.4) is 0 Å². The third-order valence-corrected chi connectivity index (χ3v) is 2.34. The Balaban J connectivity index is 2.35.